The molecule has 0 aliphatic carbocycles. The first kappa shape index (κ1) is 21.1. The minimum absolute atomic E-state index is 0. The maximum Gasteiger partial charge on any atom is 0.0420 e. The largest absolute Gasteiger partial charge is 0.384 e. The fraction of sp³-hybridized carbons (Fsp3) is 0.200. The molecule has 0 unspecified atom stereocenters. The van der Waals surface area contributed by atoms with E-state index in [9.17, 15) is 0 Å². The van der Waals surface area contributed by atoms with Gasteiger partial charge in [-0.2, -0.15) is 0 Å². The van der Waals surface area contributed by atoms with Crippen molar-refractivity contribution in [3.05, 3.63) is 72.8 Å². The van der Waals surface area contributed by atoms with Crippen molar-refractivity contribution in [3.8, 4) is 0 Å². The van der Waals surface area contributed by atoms with Crippen LogP contribution in [0.2, 0.25) is 0 Å². The van der Waals surface area contributed by atoms with Gasteiger partial charge in [0.15, 0.2) is 0 Å². The molecule has 3 N–H and O–H groups in total. The summed E-state index contributed by atoms with van der Waals surface area (Å²) in [5, 5.41) is 12.9. The van der Waals surface area contributed by atoms with Crippen molar-refractivity contribution in [2.45, 2.75) is 0 Å². The molecule has 134 valence electrons. The summed E-state index contributed by atoms with van der Waals surface area (Å²) in [4.78, 5) is 0. The highest BCUT2D eigenvalue weighted by Gasteiger charge is 1.98. The van der Waals surface area contributed by atoms with Crippen LogP contribution in [0.15, 0.2) is 72.8 Å². The van der Waals surface area contributed by atoms with Gasteiger partial charge in [-0.1, -0.05) is 54.6 Å². The van der Waals surface area contributed by atoms with Gasteiger partial charge < -0.3 is 16.0 Å². The second-order valence-electron chi connectivity index (χ2n) is 5.50. The van der Waals surface area contributed by atoms with Crippen LogP contribution in [0.3, 0.4) is 0 Å². The lowest BCUT2D eigenvalue weighted by Crippen LogP contribution is -2.27. The van der Waals surface area contributed by atoms with E-state index in [2.05, 4.69) is 70.5 Å². The SMILES string of the molecule is Cl.Cl.c1ccc(NCCNCCNc2cccc3ccccc23)cc1. The third-order valence-electron chi connectivity index (χ3n) is 3.81. The van der Waals surface area contributed by atoms with Gasteiger partial charge in [-0.15, -0.1) is 24.8 Å². The molecule has 3 rings (SSSR count). The molecule has 25 heavy (non-hydrogen) atoms. The van der Waals surface area contributed by atoms with Crippen LogP contribution in [-0.4, -0.2) is 26.2 Å². The van der Waals surface area contributed by atoms with E-state index >= 15 is 0 Å². The van der Waals surface area contributed by atoms with Gasteiger partial charge in [-0.25, -0.2) is 0 Å². The molecule has 0 spiro atoms. The third kappa shape index (κ3) is 6.46. The molecule has 3 aromatic carbocycles. The lowest BCUT2D eigenvalue weighted by Gasteiger charge is -2.11. The Morgan fingerprint density at radius 3 is 2.00 bits per heavy atom. The Bertz CT molecular complexity index is 730. The van der Waals surface area contributed by atoms with Gasteiger partial charge in [0.05, 0.1) is 0 Å². The highest BCUT2D eigenvalue weighted by Crippen LogP contribution is 2.22. The second-order valence-corrected chi connectivity index (χ2v) is 5.50. The molecular weight excluding hydrogens is 353 g/mol. The van der Waals surface area contributed by atoms with Crippen LogP contribution in [0, 0.1) is 0 Å². The molecule has 0 heterocycles. The van der Waals surface area contributed by atoms with Crippen LogP contribution in [0.1, 0.15) is 0 Å². The van der Waals surface area contributed by atoms with Crippen LogP contribution in [0.25, 0.3) is 10.8 Å². The molecule has 3 aromatic rings. The molecular formula is C20H25Cl2N3. The first-order valence-electron chi connectivity index (χ1n) is 8.15. The zero-order valence-corrected chi connectivity index (χ0v) is 15.7. The van der Waals surface area contributed by atoms with Gasteiger partial charge in [0.25, 0.3) is 0 Å². The Morgan fingerprint density at radius 2 is 1.20 bits per heavy atom. The minimum Gasteiger partial charge on any atom is -0.384 e. The summed E-state index contributed by atoms with van der Waals surface area (Å²) >= 11 is 0. The summed E-state index contributed by atoms with van der Waals surface area (Å²) in [6, 6.07) is 25.1. The van der Waals surface area contributed by atoms with Crippen molar-refractivity contribution in [1.29, 1.82) is 0 Å². The highest BCUT2D eigenvalue weighted by atomic mass is 35.5. The maximum atomic E-state index is 3.51. The standard InChI is InChI=1S/C20H23N3.2ClH/c1-2-9-18(10-3-1)22-15-13-21-14-16-23-20-12-6-8-17-7-4-5-11-19(17)20;;/h1-12,21-23H,13-16H2;2*1H. The van der Waals surface area contributed by atoms with E-state index in [0.717, 1.165) is 26.2 Å². The van der Waals surface area contributed by atoms with Crippen LogP contribution in [0.4, 0.5) is 11.4 Å². The molecule has 0 bridgehead atoms. The average molecular weight is 378 g/mol. The quantitative estimate of drug-likeness (QED) is 0.493. The summed E-state index contributed by atoms with van der Waals surface area (Å²) < 4.78 is 0. The summed E-state index contributed by atoms with van der Waals surface area (Å²) in [5.74, 6) is 0. The van der Waals surface area contributed by atoms with E-state index in [1.165, 1.54) is 22.1 Å². The molecule has 0 aromatic heterocycles. The number of anilines is 2. The lowest BCUT2D eigenvalue weighted by molar-refractivity contribution is 0.719. The molecule has 5 heteroatoms. The normalized spacial score (nSPS) is 9.76. The van der Waals surface area contributed by atoms with E-state index in [4.69, 9.17) is 0 Å². The van der Waals surface area contributed by atoms with E-state index in [1.54, 1.807) is 0 Å². The molecule has 0 atom stereocenters. The van der Waals surface area contributed by atoms with Gasteiger partial charge >= 0.3 is 0 Å². The lowest BCUT2D eigenvalue weighted by atomic mass is 10.1. The smallest absolute Gasteiger partial charge is 0.0420 e. The highest BCUT2D eigenvalue weighted by molar-refractivity contribution is 5.93. The third-order valence-corrected chi connectivity index (χ3v) is 3.81. The van der Waals surface area contributed by atoms with Gasteiger partial charge in [0.2, 0.25) is 0 Å². The molecule has 0 amide bonds. The molecule has 0 aliphatic rings. The number of para-hydroxylation sites is 1. The van der Waals surface area contributed by atoms with Gasteiger partial charge in [0, 0.05) is 42.9 Å². The Hall–Kier alpha value is -1.94. The summed E-state index contributed by atoms with van der Waals surface area (Å²) in [5.41, 5.74) is 2.37. The van der Waals surface area contributed by atoms with Gasteiger partial charge in [-0.05, 0) is 23.6 Å². The number of nitrogens with one attached hydrogen (secondary N) is 3. The molecule has 0 aliphatic heterocycles. The van der Waals surface area contributed by atoms with Crippen LogP contribution < -0.4 is 16.0 Å². The average Bonchev–Trinajstić information content (AvgIpc) is 2.62. The predicted molar refractivity (Wildman–Crippen MR) is 115 cm³/mol. The van der Waals surface area contributed by atoms with Crippen LogP contribution in [0.5, 0.6) is 0 Å². The van der Waals surface area contributed by atoms with Crippen molar-refractivity contribution in [3.63, 3.8) is 0 Å². The van der Waals surface area contributed by atoms with E-state index in [0.29, 0.717) is 0 Å². The molecule has 0 saturated carbocycles. The molecule has 3 nitrogen and oxygen atoms in total. The monoisotopic (exact) mass is 377 g/mol. The Morgan fingerprint density at radius 1 is 0.560 bits per heavy atom. The predicted octanol–water partition coefficient (Wildman–Crippen LogP) is 4.80. The van der Waals surface area contributed by atoms with Crippen molar-refractivity contribution < 1.29 is 0 Å². The first-order valence-corrected chi connectivity index (χ1v) is 8.15. The fourth-order valence-corrected chi connectivity index (χ4v) is 2.64. The molecule has 0 fully saturated rings. The zero-order chi connectivity index (χ0) is 15.7. The number of hydrogen-bond acceptors (Lipinski definition) is 3. The topological polar surface area (TPSA) is 36.1 Å². The van der Waals surface area contributed by atoms with Crippen molar-refractivity contribution in [2.75, 3.05) is 36.8 Å². The maximum absolute atomic E-state index is 3.51. The molecule has 0 radical (unpaired) electrons. The van der Waals surface area contributed by atoms with Crippen LogP contribution in [-0.2, 0) is 0 Å². The summed E-state index contributed by atoms with van der Waals surface area (Å²) in [6.07, 6.45) is 0. The van der Waals surface area contributed by atoms with Crippen molar-refractivity contribution >= 4 is 47.0 Å². The van der Waals surface area contributed by atoms with Gasteiger partial charge in [-0.3, -0.25) is 0 Å². The van der Waals surface area contributed by atoms with Crippen molar-refractivity contribution in [2.24, 2.45) is 0 Å². The number of hydrogen-bond donors (Lipinski definition) is 3. The van der Waals surface area contributed by atoms with Crippen LogP contribution >= 0.6 is 24.8 Å². The number of rotatable bonds is 8. The van der Waals surface area contributed by atoms with E-state index in [-0.39, 0.29) is 24.8 Å². The Labute approximate surface area is 162 Å². The van der Waals surface area contributed by atoms with Gasteiger partial charge in [0.1, 0.15) is 0 Å². The van der Waals surface area contributed by atoms with Crippen molar-refractivity contribution in [1.82, 2.24) is 5.32 Å². The summed E-state index contributed by atoms with van der Waals surface area (Å²) in [7, 11) is 0. The van der Waals surface area contributed by atoms with E-state index in [1.807, 2.05) is 18.2 Å². The Balaban J connectivity index is 0.00000156. The number of fused-ring (bicyclic) bond motifs is 1. The molecule has 0 saturated heterocycles. The second kappa shape index (κ2) is 11.6. The minimum atomic E-state index is 0. The van der Waals surface area contributed by atoms with E-state index < -0.39 is 0 Å². The summed E-state index contributed by atoms with van der Waals surface area (Å²) in [6.45, 7) is 3.74. The fourth-order valence-electron chi connectivity index (χ4n) is 2.64. The number of benzene rings is 3. The first-order chi connectivity index (χ1) is 11.4. The number of halogens is 2. The zero-order valence-electron chi connectivity index (χ0n) is 14.1. The Kier molecular flexibility index (Phi) is 9.78.